The first-order valence-electron chi connectivity index (χ1n) is 9.23. The van der Waals surface area contributed by atoms with Crippen LogP contribution in [-0.4, -0.2) is 70.6 Å². The van der Waals surface area contributed by atoms with Crippen molar-refractivity contribution in [3.63, 3.8) is 0 Å². The van der Waals surface area contributed by atoms with Gasteiger partial charge < -0.3 is 24.8 Å². The Bertz CT molecular complexity index is 633. The molecular formula is C19H31IN4O3. The number of morpholine rings is 1. The number of hydrogen-bond acceptors (Lipinski definition) is 5. The van der Waals surface area contributed by atoms with Crippen molar-refractivity contribution < 1.29 is 14.2 Å². The number of hydrogen-bond donors (Lipinski definition) is 2. The van der Waals surface area contributed by atoms with Crippen molar-refractivity contribution >= 4 is 29.9 Å². The van der Waals surface area contributed by atoms with Gasteiger partial charge >= 0.3 is 0 Å². The minimum Gasteiger partial charge on any atom is -0.454 e. The topological polar surface area (TPSA) is 67.4 Å². The highest BCUT2D eigenvalue weighted by Gasteiger charge is 2.24. The molecule has 2 aliphatic heterocycles. The van der Waals surface area contributed by atoms with E-state index in [0.29, 0.717) is 6.79 Å². The average molecular weight is 490 g/mol. The number of guanidine groups is 1. The van der Waals surface area contributed by atoms with Crippen molar-refractivity contribution in [1.82, 2.24) is 15.5 Å². The standard InChI is InChI=1S/C19H30N4O3.HI/c1-19(2,15-4-5-16-17(12-15)26-14-25-16)13-22-18(20-3)21-6-7-23-8-10-24-11-9-23;/h4-5,12H,6-11,13-14H2,1-3H3,(H2,20,21,22);1H. The molecule has 0 aromatic heterocycles. The van der Waals surface area contributed by atoms with Crippen LogP contribution < -0.4 is 20.1 Å². The Balaban J connectivity index is 0.00000261. The zero-order valence-electron chi connectivity index (χ0n) is 16.4. The van der Waals surface area contributed by atoms with Crippen molar-refractivity contribution in [3.05, 3.63) is 23.8 Å². The van der Waals surface area contributed by atoms with Gasteiger partial charge in [0.1, 0.15) is 0 Å². The predicted octanol–water partition coefficient (Wildman–Crippen LogP) is 1.81. The van der Waals surface area contributed by atoms with Crippen molar-refractivity contribution in [3.8, 4) is 11.5 Å². The Kier molecular flexibility index (Phi) is 8.43. The van der Waals surface area contributed by atoms with Gasteiger partial charge in [-0.2, -0.15) is 0 Å². The first-order chi connectivity index (χ1) is 12.6. The predicted molar refractivity (Wildman–Crippen MR) is 118 cm³/mol. The molecule has 0 bridgehead atoms. The quantitative estimate of drug-likeness (QED) is 0.360. The zero-order valence-corrected chi connectivity index (χ0v) is 18.7. The number of rotatable bonds is 6. The van der Waals surface area contributed by atoms with Crippen LogP contribution in [0.4, 0.5) is 0 Å². The average Bonchev–Trinajstić information content (AvgIpc) is 3.13. The largest absolute Gasteiger partial charge is 0.454 e. The van der Waals surface area contributed by atoms with Crippen LogP contribution in [-0.2, 0) is 10.2 Å². The Morgan fingerprint density at radius 1 is 1.15 bits per heavy atom. The van der Waals surface area contributed by atoms with Crippen LogP contribution >= 0.6 is 24.0 Å². The van der Waals surface area contributed by atoms with Crippen molar-refractivity contribution in [1.29, 1.82) is 0 Å². The molecule has 0 aliphatic carbocycles. The fourth-order valence-electron chi connectivity index (χ4n) is 3.10. The second-order valence-corrected chi connectivity index (χ2v) is 7.26. The molecule has 8 heteroatoms. The van der Waals surface area contributed by atoms with Crippen molar-refractivity contribution in [2.45, 2.75) is 19.3 Å². The molecule has 1 saturated heterocycles. The zero-order chi connectivity index (χ0) is 18.4. The smallest absolute Gasteiger partial charge is 0.231 e. The molecule has 0 radical (unpaired) electrons. The van der Waals surface area contributed by atoms with Gasteiger partial charge in [0.15, 0.2) is 17.5 Å². The third-order valence-corrected chi connectivity index (χ3v) is 4.90. The lowest BCUT2D eigenvalue weighted by molar-refractivity contribution is 0.0389. The van der Waals surface area contributed by atoms with E-state index in [2.05, 4.69) is 46.5 Å². The van der Waals surface area contributed by atoms with Gasteiger partial charge in [0.25, 0.3) is 0 Å². The van der Waals surface area contributed by atoms with Gasteiger partial charge in [-0.15, -0.1) is 24.0 Å². The van der Waals surface area contributed by atoms with E-state index in [9.17, 15) is 0 Å². The summed E-state index contributed by atoms with van der Waals surface area (Å²) in [6, 6.07) is 6.15. The van der Waals surface area contributed by atoms with Crippen molar-refractivity contribution in [2.24, 2.45) is 4.99 Å². The maximum Gasteiger partial charge on any atom is 0.231 e. The number of nitrogens with one attached hydrogen (secondary N) is 2. The molecule has 0 atom stereocenters. The molecule has 2 heterocycles. The van der Waals surface area contributed by atoms with E-state index >= 15 is 0 Å². The van der Waals surface area contributed by atoms with Crippen LogP contribution in [0.5, 0.6) is 11.5 Å². The second-order valence-electron chi connectivity index (χ2n) is 7.26. The van der Waals surface area contributed by atoms with Gasteiger partial charge in [-0.05, 0) is 17.7 Å². The monoisotopic (exact) mass is 490 g/mol. The van der Waals surface area contributed by atoms with E-state index in [0.717, 1.165) is 63.4 Å². The number of fused-ring (bicyclic) bond motifs is 1. The fourth-order valence-corrected chi connectivity index (χ4v) is 3.10. The molecular weight excluding hydrogens is 459 g/mol. The Morgan fingerprint density at radius 2 is 1.89 bits per heavy atom. The Hall–Kier alpha value is -1.26. The molecule has 2 aliphatic rings. The molecule has 0 saturated carbocycles. The number of aliphatic imine (C=N–C) groups is 1. The lowest BCUT2D eigenvalue weighted by Gasteiger charge is -2.28. The normalized spacial score (nSPS) is 17.4. The van der Waals surface area contributed by atoms with Crippen LogP contribution in [0.15, 0.2) is 23.2 Å². The van der Waals surface area contributed by atoms with Gasteiger partial charge in [-0.3, -0.25) is 9.89 Å². The summed E-state index contributed by atoms with van der Waals surface area (Å²) in [4.78, 5) is 6.73. The van der Waals surface area contributed by atoms with E-state index < -0.39 is 0 Å². The minimum atomic E-state index is -0.0667. The van der Waals surface area contributed by atoms with E-state index in [4.69, 9.17) is 14.2 Å². The van der Waals surface area contributed by atoms with Crippen LogP contribution in [0.25, 0.3) is 0 Å². The summed E-state index contributed by atoms with van der Waals surface area (Å²) in [6.45, 7) is 11.0. The molecule has 152 valence electrons. The Labute approximate surface area is 178 Å². The molecule has 1 aromatic carbocycles. The lowest BCUT2D eigenvalue weighted by atomic mass is 9.84. The molecule has 0 spiro atoms. The highest BCUT2D eigenvalue weighted by Crippen LogP contribution is 2.36. The molecule has 0 unspecified atom stereocenters. The van der Waals surface area contributed by atoms with Gasteiger partial charge in [0.05, 0.1) is 13.2 Å². The first kappa shape index (κ1) is 22.0. The summed E-state index contributed by atoms with van der Waals surface area (Å²) in [5, 5.41) is 6.83. The second kappa shape index (κ2) is 10.3. The number of halogens is 1. The summed E-state index contributed by atoms with van der Waals surface area (Å²) >= 11 is 0. The first-order valence-corrected chi connectivity index (χ1v) is 9.23. The molecule has 0 amide bonds. The molecule has 7 nitrogen and oxygen atoms in total. The summed E-state index contributed by atoms with van der Waals surface area (Å²) in [6.07, 6.45) is 0. The Morgan fingerprint density at radius 3 is 2.63 bits per heavy atom. The van der Waals surface area contributed by atoms with Crippen LogP contribution in [0.3, 0.4) is 0 Å². The van der Waals surface area contributed by atoms with Gasteiger partial charge in [-0.1, -0.05) is 19.9 Å². The highest BCUT2D eigenvalue weighted by atomic mass is 127. The highest BCUT2D eigenvalue weighted by molar-refractivity contribution is 14.0. The van der Waals surface area contributed by atoms with Gasteiger partial charge in [-0.25, -0.2) is 0 Å². The van der Waals surface area contributed by atoms with E-state index in [1.165, 1.54) is 5.56 Å². The number of ether oxygens (including phenoxy) is 3. The number of benzene rings is 1. The van der Waals surface area contributed by atoms with E-state index in [1.807, 2.05) is 6.07 Å². The third kappa shape index (κ3) is 6.11. The third-order valence-electron chi connectivity index (χ3n) is 4.90. The minimum absolute atomic E-state index is 0. The summed E-state index contributed by atoms with van der Waals surface area (Å²) < 4.78 is 16.3. The molecule has 2 N–H and O–H groups in total. The van der Waals surface area contributed by atoms with Crippen LogP contribution in [0.2, 0.25) is 0 Å². The van der Waals surface area contributed by atoms with Crippen LogP contribution in [0.1, 0.15) is 19.4 Å². The molecule has 1 fully saturated rings. The maximum atomic E-state index is 5.50. The van der Waals surface area contributed by atoms with E-state index in [-0.39, 0.29) is 29.4 Å². The fraction of sp³-hybridized carbons (Fsp3) is 0.632. The molecule has 1 aromatic rings. The van der Waals surface area contributed by atoms with Crippen molar-refractivity contribution in [2.75, 3.05) is 59.8 Å². The SMILES string of the molecule is CN=C(NCCN1CCOCC1)NCC(C)(C)c1ccc2c(c1)OCO2.I. The summed E-state index contributed by atoms with van der Waals surface area (Å²) in [5.41, 5.74) is 1.14. The molecule has 27 heavy (non-hydrogen) atoms. The number of nitrogens with zero attached hydrogens (tertiary/aromatic N) is 2. The lowest BCUT2D eigenvalue weighted by Crippen LogP contribution is -2.46. The van der Waals surface area contributed by atoms with Gasteiger partial charge in [0.2, 0.25) is 6.79 Å². The maximum absolute atomic E-state index is 5.50. The summed E-state index contributed by atoms with van der Waals surface area (Å²) in [7, 11) is 1.80. The van der Waals surface area contributed by atoms with E-state index in [1.54, 1.807) is 7.05 Å². The molecule has 3 rings (SSSR count). The van der Waals surface area contributed by atoms with Gasteiger partial charge in [0, 0.05) is 45.2 Å². The van der Waals surface area contributed by atoms with Crippen LogP contribution in [0, 0.1) is 0 Å². The summed E-state index contributed by atoms with van der Waals surface area (Å²) in [5.74, 6) is 2.47.